The van der Waals surface area contributed by atoms with E-state index in [-0.39, 0.29) is 6.42 Å². The number of nitrogens with two attached hydrogens (primary N) is 1. The van der Waals surface area contributed by atoms with Gasteiger partial charge in [0.25, 0.3) is 0 Å². The van der Waals surface area contributed by atoms with Crippen molar-refractivity contribution >= 4 is 22.6 Å². The van der Waals surface area contributed by atoms with Crippen molar-refractivity contribution in [3.05, 3.63) is 33.4 Å². The molecule has 0 aliphatic carbocycles. The Labute approximate surface area is 130 Å². The maximum absolute atomic E-state index is 10.5. The van der Waals surface area contributed by atoms with Crippen LogP contribution < -0.4 is 5.73 Å². The first-order chi connectivity index (χ1) is 9.37. The molecule has 0 aromatic heterocycles. The van der Waals surface area contributed by atoms with E-state index < -0.39 is 36.7 Å². The lowest BCUT2D eigenvalue weighted by Gasteiger charge is -2.46. The van der Waals surface area contributed by atoms with Gasteiger partial charge in [0.2, 0.25) is 0 Å². The molecule has 0 spiro atoms. The fourth-order valence-corrected chi connectivity index (χ4v) is 2.67. The van der Waals surface area contributed by atoms with E-state index in [2.05, 4.69) is 22.6 Å². The van der Waals surface area contributed by atoms with Gasteiger partial charge in [-0.15, -0.1) is 0 Å². The fourth-order valence-electron chi connectivity index (χ4n) is 2.31. The molecule has 1 aromatic carbocycles. The number of hydrogen-bond donors (Lipinski definition) is 5. The van der Waals surface area contributed by atoms with Crippen molar-refractivity contribution in [2.75, 3.05) is 6.61 Å². The second-order valence-corrected chi connectivity index (χ2v) is 6.24. The summed E-state index contributed by atoms with van der Waals surface area (Å²) in [6.07, 6.45) is -3.70. The van der Waals surface area contributed by atoms with Crippen molar-refractivity contribution in [2.24, 2.45) is 5.73 Å². The molecule has 20 heavy (non-hydrogen) atoms. The van der Waals surface area contributed by atoms with E-state index in [4.69, 9.17) is 15.6 Å². The molecule has 2 rings (SSSR count). The van der Waals surface area contributed by atoms with Crippen LogP contribution in [0.1, 0.15) is 5.56 Å². The second kappa shape index (κ2) is 6.22. The highest BCUT2D eigenvalue weighted by molar-refractivity contribution is 14.1. The molecule has 1 aliphatic heterocycles. The minimum absolute atomic E-state index is 0.0609. The topological polar surface area (TPSA) is 116 Å². The first-order valence-electron chi connectivity index (χ1n) is 6.24. The first kappa shape index (κ1) is 16.1. The van der Waals surface area contributed by atoms with Gasteiger partial charge in [0, 0.05) is 9.99 Å². The summed E-state index contributed by atoms with van der Waals surface area (Å²) in [6, 6.07) is 6.23. The summed E-state index contributed by atoms with van der Waals surface area (Å²) >= 11 is 2.17. The molecule has 0 saturated carbocycles. The van der Waals surface area contributed by atoms with E-state index in [0.29, 0.717) is 0 Å². The van der Waals surface area contributed by atoms with Crippen LogP contribution in [0.15, 0.2) is 24.3 Å². The lowest BCUT2D eigenvalue weighted by atomic mass is 9.87. The lowest BCUT2D eigenvalue weighted by Crippen LogP contribution is -2.69. The molecule has 1 fully saturated rings. The number of ether oxygens (including phenoxy) is 1. The predicted octanol–water partition coefficient (Wildman–Crippen LogP) is -1.04. The van der Waals surface area contributed by atoms with Gasteiger partial charge >= 0.3 is 0 Å². The summed E-state index contributed by atoms with van der Waals surface area (Å²) in [6.45, 7) is -0.514. The molecule has 5 atom stereocenters. The third-order valence-electron chi connectivity index (χ3n) is 3.53. The number of halogens is 1. The Morgan fingerprint density at radius 2 is 1.80 bits per heavy atom. The molecule has 1 saturated heterocycles. The summed E-state index contributed by atoms with van der Waals surface area (Å²) in [5, 5.41) is 39.3. The number of benzene rings is 1. The van der Waals surface area contributed by atoms with Crippen molar-refractivity contribution in [1.82, 2.24) is 0 Å². The van der Waals surface area contributed by atoms with Crippen LogP contribution in [0.2, 0.25) is 0 Å². The van der Waals surface area contributed by atoms with E-state index in [1.54, 1.807) is 0 Å². The van der Waals surface area contributed by atoms with Crippen molar-refractivity contribution in [1.29, 1.82) is 0 Å². The Morgan fingerprint density at radius 3 is 2.35 bits per heavy atom. The highest BCUT2D eigenvalue weighted by Crippen LogP contribution is 2.30. The molecule has 0 bridgehead atoms. The maximum Gasteiger partial charge on any atom is 0.188 e. The Kier molecular flexibility index (Phi) is 5.00. The average Bonchev–Trinajstić information content (AvgIpc) is 2.43. The number of aliphatic hydroxyl groups is 4. The molecule has 1 unspecified atom stereocenters. The molecule has 1 aliphatic rings. The third-order valence-corrected chi connectivity index (χ3v) is 4.24. The molecular formula is C13H18INO5. The van der Waals surface area contributed by atoms with Crippen LogP contribution in [0.5, 0.6) is 0 Å². The molecule has 0 radical (unpaired) electrons. The molecule has 6 N–H and O–H groups in total. The van der Waals surface area contributed by atoms with E-state index in [1.165, 1.54) is 0 Å². The van der Waals surface area contributed by atoms with Crippen LogP contribution in [0.4, 0.5) is 0 Å². The van der Waals surface area contributed by atoms with Crippen LogP contribution in [0.3, 0.4) is 0 Å². The third kappa shape index (κ3) is 3.14. The summed E-state index contributed by atoms with van der Waals surface area (Å²) in [7, 11) is 0. The normalized spacial score (nSPS) is 37.9. The van der Waals surface area contributed by atoms with E-state index in [0.717, 1.165) is 9.13 Å². The average molecular weight is 395 g/mol. The first-order valence-corrected chi connectivity index (χ1v) is 7.32. The van der Waals surface area contributed by atoms with Gasteiger partial charge in [0.1, 0.15) is 18.3 Å². The molecule has 7 heteroatoms. The van der Waals surface area contributed by atoms with Crippen LogP contribution in [-0.2, 0) is 11.2 Å². The standard InChI is InChI=1S/C13H18INO5/c14-8-3-1-7(2-4-8)5-13(19)12(15)11(18)10(17)9(6-16)20-13/h1-4,9-12,16-19H,5-6,15H2/t9-,10+,11+,12-,13?/m1/s1. The number of aliphatic hydroxyl groups excluding tert-OH is 3. The quantitative estimate of drug-likeness (QED) is 0.418. The van der Waals surface area contributed by atoms with Gasteiger partial charge in [0.05, 0.1) is 12.6 Å². The zero-order valence-electron chi connectivity index (χ0n) is 10.7. The molecule has 0 amide bonds. The highest BCUT2D eigenvalue weighted by atomic mass is 127. The van der Waals surface area contributed by atoms with Crippen LogP contribution >= 0.6 is 22.6 Å². The zero-order chi connectivity index (χ0) is 14.9. The van der Waals surface area contributed by atoms with Gasteiger partial charge in [-0.2, -0.15) is 0 Å². The van der Waals surface area contributed by atoms with Crippen molar-refractivity contribution in [3.8, 4) is 0 Å². The van der Waals surface area contributed by atoms with E-state index >= 15 is 0 Å². The van der Waals surface area contributed by atoms with Crippen molar-refractivity contribution in [2.45, 2.75) is 36.6 Å². The SMILES string of the molecule is N[C@@H]1[C@@H](O)[C@@H](O)[C@@H](CO)OC1(O)Cc1ccc(I)cc1. The van der Waals surface area contributed by atoms with Crippen molar-refractivity contribution < 1.29 is 25.2 Å². The number of rotatable bonds is 3. The van der Waals surface area contributed by atoms with Crippen LogP contribution in [0, 0.1) is 3.57 Å². The number of hydrogen-bond acceptors (Lipinski definition) is 6. The summed E-state index contributed by atoms with van der Waals surface area (Å²) in [5.74, 6) is -1.83. The maximum atomic E-state index is 10.5. The second-order valence-electron chi connectivity index (χ2n) is 4.99. The zero-order valence-corrected chi connectivity index (χ0v) is 12.8. The monoisotopic (exact) mass is 395 g/mol. The molecule has 1 heterocycles. The van der Waals surface area contributed by atoms with E-state index in [9.17, 15) is 15.3 Å². The predicted molar refractivity (Wildman–Crippen MR) is 79.8 cm³/mol. The minimum Gasteiger partial charge on any atom is -0.394 e. The Hall–Kier alpha value is -0.290. The van der Waals surface area contributed by atoms with Gasteiger partial charge < -0.3 is 30.9 Å². The van der Waals surface area contributed by atoms with Gasteiger partial charge in [0.15, 0.2) is 5.79 Å². The van der Waals surface area contributed by atoms with Gasteiger partial charge in [-0.3, -0.25) is 0 Å². The van der Waals surface area contributed by atoms with E-state index in [1.807, 2.05) is 24.3 Å². The fraction of sp³-hybridized carbons (Fsp3) is 0.538. The van der Waals surface area contributed by atoms with Gasteiger partial charge in [-0.1, -0.05) is 12.1 Å². The Bertz CT molecular complexity index is 455. The summed E-state index contributed by atoms with van der Waals surface area (Å²) in [5.41, 5.74) is 6.55. The van der Waals surface area contributed by atoms with Gasteiger partial charge in [-0.25, -0.2) is 0 Å². The smallest absolute Gasteiger partial charge is 0.188 e. The largest absolute Gasteiger partial charge is 0.394 e. The minimum atomic E-state index is -1.83. The Morgan fingerprint density at radius 1 is 1.20 bits per heavy atom. The molecule has 1 aromatic rings. The molecule has 112 valence electrons. The van der Waals surface area contributed by atoms with Crippen LogP contribution in [0.25, 0.3) is 0 Å². The molecule has 6 nitrogen and oxygen atoms in total. The van der Waals surface area contributed by atoms with Gasteiger partial charge in [-0.05, 0) is 40.3 Å². The highest BCUT2D eigenvalue weighted by Gasteiger charge is 2.51. The Balaban J connectivity index is 2.20. The van der Waals surface area contributed by atoms with Crippen LogP contribution in [-0.4, -0.2) is 57.2 Å². The molecular weight excluding hydrogens is 377 g/mol. The summed E-state index contributed by atoms with van der Waals surface area (Å²) in [4.78, 5) is 0. The van der Waals surface area contributed by atoms with Crippen molar-refractivity contribution in [3.63, 3.8) is 0 Å². The summed E-state index contributed by atoms with van der Waals surface area (Å²) < 4.78 is 6.37. The lowest BCUT2D eigenvalue weighted by molar-refractivity contribution is -0.313.